The smallest absolute Gasteiger partial charge is 0.173 e. The first-order valence-electron chi connectivity index (χ1n) is 10.7. The second-order valence-corrected chi connectivity index (χ2v) is 7.73. The van der Waals surface area contributed by atoms with E-state index in [0.29, 0.717) is 13.2 Å². The maximum absolute atomic E-state index is 5.35. The first-order chi connectivity index (χ1) is 15.3. The lowest BCUT2D eigenvalue weighted by Gasteiger charge is -2.39. The number of piperazine rings is 1. The zero-order valence-electron chi connectivity index (χ0n) is 18.6. The lowest BCUT2D eigenvalue weighted by atomic mass is 10.0. The van der Waals surface area contributed by atoms with Gasteiger partial charge < -0.3 is 9.47 Å². The molecule has 1 atom stereocenters. The number of ether oxygens (including phenoxy) is 2. The van der Waals surface area contributed by atoms with Crippen molar-refractivity contribution < 1.29 is 9.47 Å². The van der Waals surface area contributed by atoms with E-state index in [9.17, 15) is 0 Å². The molecule has 1 unspecified atom stereocenters. The molecule has 0 spiro atoms. The monoisotopic (exact) mass is 458 g/mol. The van der Waals surface area contributed by atoms with Crippen molar-refractivity contribution in [2.24, 2.45) is 0 Å². The van der Waals surface area contributed by atoms with Crippen LogP contribution >= 0.6 is 12.4 Å². The normalized spacial score (nSPS) is 15.8. The summed E-state index contributed by atoms with van der Waals surface area (Å²) >= 11 is 0. The molecule has 1 saturated heterocycles. The van der Waals surface area contributed by atoms with Gasteiger partial charge >= 0.3 is 0 Å². The highest BCUT2D eigenvalue weighted by Crippen LogP contribution is 2.29. The highest BCUT2D eigenvalue weighted by Gasteiger charge is 2.30. The number of halogens is 1. The molecule has 0 saturated carbocycles. The summed E-state index contributed by atoms with van der Waals surface area (Å²) in [5.74, 6) is 1.69. The molecule has 8 nitrogen and oxygen atoms in total. The second kappa shape index (κ2) is 11.9. The van der Waals surface area contributed by atoms with Crippen molar-refractivity contribution in [2.45, 2.75) is 19.1 Å². The number of hydrogen-bond donors (Lipinski definition) is 0. The molecule has 4 rings (SSSR count). The summed E-state index contributed by atoms with van der Waals surface area (Å²) in [6.45, 7) is 6.06. The summed E-state index contributed by atoms with van der Waals surface area (Å²) in [5, 5.41) is 12.6. The Kier molecular flexibility index (Phi) is 8.99. The van der Waals surface area contributed by atoms with Gasteiger partial charge in [0.1, 0.15) is 5.75 Å². The lowest BCUT2D eigenvalue weighted by molar-refractivity contribution is 0.0988. The maximum Gasteiger partial charge on any atom is 0.173 e. The van der Waals surface area contributed by atoms with Crippen molar-refractivity contribution in [1.82, 2.24) is 30.0 Å². The van der Waals surface area contributed by atoms with Crippen LogP contribution in [0, 0.1) is 0 Å². The van der Waals surface area contributed by atoms with Crippen LogP contribution in [0.5, 0.6) is 5.75 Å². The molecule has 1 aliphatic heterocycles. The zero-order valence-corrected chi connectivity index (χ0v) is 19.4. The Morgan fingerprint density at radius 3 is 2.31 bits per heavy atom. The Bertz CT molecular complexity index is 929. The third kappa shape index (κ3) is 5.83. The summed E-state index contributed by atoms with van der Waals surface area (Å²) in [6, 6.07) is 18.8. The van der Waals surface area contributed by atoms with E-state index >= 15 is 0 Å². The molecular formula is C23H31ClN6O2. The minimum absolute atomic E-state index is 0. The Morgan fingerprint density at radius 2 is 1.66 bits per heavy atom. The summed E-state index contributed by atoms with van der Waals surface area (Å²) in [7, 11) is 3.38. The molecule has 2 aromatic carbocycles. The van der Waals surface area contributed by atoms with Gasteiger partial charge in [-0.3, -0.25) is 9.80 Å². The predicted molar refractivity (Wildman–Crippen MR) is 125 cm³/mol. The fraction of sp³-hybridized carbons (Fsp3) is 0.435. The van der Waals surface area contributed by atoms with Crippen molar-refractivity contribution in [2.75, 3.05) is 47.0 Å². The van der Waals surface area contributed by atoms with Gasteiger partial charge in [-0.1, -0.05) is 42.5 Å². The molecule has 172 valence electrons. The number of tetrazole rings is 1. The maximum atomic E-state index is 5.35. The van der Waals surface area contributed by atoms with Crippen molar-refractivity contribution in [1.29, 1.82) is 0 Å². The van der Waals surface area contributed by atoms with E-state index in [1.54, 1.807) is 14.2 Å². The van der Waals surface area contributed by atoms with Crippen LogP contribution < -0.4 is 4.74 Å². The summed E-state index contributed by atoms with van der Waals surface area (Å²) in [5.41, 5.74) is 2.51. The van der Waals surface area contributed by atoms with Gasteiger partial charge in [-0.25, -0.2) is 4.68 Å². The molecule has 0 radical (unpaired) electrons. The van der Waals surface area contributed by atoms with Gasteiger partial charge in [0.05, 0.1) is 26.3 Å². The van der Waals surface area contributed by atoms with Crippen molar-refractivity contribution in [3.63, 3.8) is 0 Å². The molecule has 0 N–H and O–H groups in total. The van der Waals surface area contributed by atoms with Gasteiger partial charge in [0, 0.05) is 39.8 Å². The average molecular weight is 459 g/mol. The third-order valence-corrected chi connectivity index (χ3v) is 5.76. The first-order valence-corrected chi connectivity index (χ1v) is 10.7. The van der Waals surface area contributed by atoms with Crippen LogP contribution in [0.3, 0.4) is 0 Å². The topological polar surface area (TPSA) is 68.5 Å². The van der Waals surface area contributed by atoms with Gasteiger partial charge in [0.15, 0.2) is 5.82 Å². The Morgan fingerprint density at radius 1 is 0.938 bits per heavy atom. The number of methoxy groups -OCH3 is 2. The number of benzene rings is 2. The third-order valence-electron chi connectivity index (χ3n) is 5.76. The van der Waals surface area contributed by atoms with E-state index < -0.39 is 0 Å². The minimum atomic E-state index is -0.0170. The van der Waals surface area contributed by atoms with E-state index in [1.807, 2.05) is 16.8 Å². The molecule has 32 heavy (non-hydrogen) atoms. The van der Waals surface area contributed by atoms with E-state index in [1.165, 1.54) is 5.56 Å². The molecular weight excluding hydrogens is 428 g/mol. The number of nitrogens with zero attached hydrogens (tertiary/aromatic N) is 6. The predicted octanol–water partition coefficient (Wildman–Crippen LogP) is 2.66. The number of rotatable bonds is 9. The summed E-state index contributed by atoms with van der Waals surface area (Å²) in [4.78, 5) is 4.98. The average Bonchev–Trinajstić information content (AvgIpc) is 3.28. The van der Waals surface area contributed by atoms with Crippen LogP contribution in [-0.2, 0) is 17.8 Å². The lowest BCUT2D eigenvalue weighted by Crippen LogP contribution is -2.48. The van der Waals surface area contributed by atoms with Crippen molar-refractivity contribution in [3.05, 3.63) is 71.5 Å². The minimum Gasteiger partial charge on any atom is -0.497 e. The van der Waals surface area contributed by atoms with Crippen LogP contribution in [-0.4, -0.2) is 77.0 Å². The fourth-order valence-corrected chi connectivity index (χ4v) is 4.08. The Balaban J connectivity index is 0.00000289. The van der Waals surface area contributed by atoms with E-state index in [0.717, 1.165) is 49.9 Å². The van der Waals surface area contributed by atoms with Gasteiger partial charge in [0.2, 0.25) is 0 Å². The van der Waals surface area contributed by atoms with Crippen molar-refractivity contribution >= 4 is 12.4 Å². The summed E-state index contributed by atoms with van der Waals surface area (Å²) in [6.07, 6.45) is 0. The number of aromatic nitrogens is 4. The fourth-order valence-electron chi connectivity index (χ4n) is 4.08. The van der Waals surface area contributed by atoms with Gasteiger partial charge in [-0.15, -0.1) is 17.5 Å². The van der Waals surface area contributed by atoms with Gasteiger partial charge in [-0.05, 0) is 33.7 Å². The van der Waals surface area contributed by atoms with Crippen LogP contribution in [0.15, 0.2) is 54.6 Å². The number of hydrogen-bond acceptors (Lipinski definition) is 7. The molecule has 1 aliphatic rings. The summed E-state index contributed by atoms with van der Waals surface area (Å²) < 4.78 is 12.5. The molecule has 9 heteroatoms. The first kappa shape index (κ1) is 24.1. The zero-order chi connectivity index (χ0) is 21.5. The SMILES string of the molecule is COCCn1nnnc1C(c1ccc(OC)cc1)N1CCN(Cc2ccccc2)CC1.Cl. The van der Waals surface area contributed by atoms with Crippen LogP contribution in [0.25, 0.3) is 0 Å². The van der Waals surface area contributed by atoms with E-state index in [2.05, 4.69) is 67.8 Å². The molecule has 0 bridgehead atoms. The molecule has 1 aromatic heterocycles. The molecule has 0 aliphatic carbocycles. The highest BCUT2D eigenvalue weighted by atomic mass is 35.5. The van der Waals surface area contributed by atoms with Gasteiger partial charge in [0.25, 0.3) is 0 Å². The van der Waals surface area contributed by atoms with Crippen molar-refractivity contribution in [3.8, 4) is 5.75 Å². The molecule has 1 fully saturated rings. The van der Waals surface area contributed by atoms with Crippen LogP contribution in [0.2, 0.25) is 0 Å². The second-order valence-electron chi connectivity index (χ2n) is 7.73. The van der Waals surface area contributed by atoms with Crippen LogP contribution in [0.1, 0.15) is 23.0 Å². The Hall–Kier alpha value is -2.52. The van der Waals surface area contributed by atoms with Gasteiger partial charge in [-0.2, -0.15) is 0 Å². The molecule has 0 amide bonds. The largest absolute Gasteiger partial charge is 0.497 e. The van der Waals surface area contributed by atoms with E-state index in [4.69, 9.17) is 9.47 Å². The quantitative estimate of drug-likeness (QED) is 0.488. The highest BCUT2D eigenvalue weighted by molar-refractivity contribution is 5.85. The molecule has 2 heterocycles. The Labute approximate surface area is 195 Å². The van der Waals surface area contributed by atoms with Crippen LogP contribution in [0.4, 0.5) is 0 Å². The van der Waals surface area contributed by atoms with E-state index in [-0.39, 0.29) is 18.4 Å². The molecule has 3 aromatic rings. The standard InChI is InChI=1S/C23H30N6O2.ClH/c1-30-17-16-29-23(24-25-26-29)22(20-8-10-21(31-2)11-9-20)28-14-12-27(13-15-28)18-19-6-4-3-5-7-19;/h3-11,22H,12-18H2,1-2H3;1H.